The van der Waals surface area contributed by atoms with Gasteiger partial charge in [0.05, 0.1) is 17.6 Å². The Bertz CT molecular complexity index is 923. The van der Waals surface area contributed by atoms with Gasteiger partial charge >= 0.3 is 6.03 Å². The molecule has 0 spiro atoms. The number of hydrogen-bond donors (Lipinski definition) is 3. The van der Waals surface area contributed by atoms with Gasteiger partial charge < -0.3 is 10.3 Å². The van der Waals surface area contributed by atoms with Crippen LogP contribution >= 0.6 is 11.8 Å². The Kier molecular flexibility index (Phi) is 5.05. The molecule has 3 amide bonds. The van der Waals surface area contributed by atoms with Gasteiger partial charge in [0, 0.05) is 5.54 Å². The second-order valence-corrected chi connectivity index (χ2v) is 10.1. The number of imide groups is 1. The molecule has 4 bridgehead atoms. The van der Waals surface area contributed by atoms with Crippen LogP contribution in [-0.4, -0.2) is 33.2 Å². The van der Waals surface area contributed by atoms with Crippen molar-refractivity contribution < 1.29 is 14.0 Å². The number of carbonyl (C=O) groups is 2. The van der Waals surface area contributed by atoms with E-state index in [0.717, 1.165) is 48.3 Å². The molecule has 4 aliphatic carbocycles. The van der Waals surface area contributed by atoms with Gasteiger partial charge in [0.25, 0.3) is 0 Å². The van der Waals surface area contributed by atoms with Crippen molar-refractivity contribution in [2.24, 2.45) is 17.8 Å². The van der Waals surface area contributed by atoms with Crippen LogP contribution < -0.4 is 10.6 Å². The summed E-state index contributed by atoms with van der Waals surface area (Å²) in [5, 5.41) is 6.20. The second-order valence-electron chi connectivity index (χ2n) is 9.10. The Morgan fingerprint density at radius 1 is 1.10 bits per heavy atom. The Balaban J connectivity index is 1.12. The average Bonchev–Trinajstić information content (AvgIpc) is 3.14. The first-order valence-electron chi connectivity index (χ1n) is 10.5. The van der Waals surface area contributed by atoms with Gasteiger partial charge in [0.15, 0.2) is 5.16 Å². The highest BCUT2D eigenvalue weighted by Crippen LogP contribution is 2.55. The molecule has 0 unspecified atom stereocenters. The quantitative estimate of drug-likeness (QED) is 0.626. The molecule has 6 nitrogen and oxygen atoms in total. The van der Waals surface area contributed by atoms with Gasteiger partial charge in [-0.1, -0.05) is 11.8 Å². The number of thioether (sulfide) groups is 1. The number of rotatable bonds is 5. The fourth-order valence-electron chi connectivity index (χ4n) is 5.98. The van der Waals surface area contributed by atoms with Crippen molar-refractivity contribution in [2.45, 2.75) is 49.2 Å². The molecule has 0 saturated heterocycles. The number of imidazole rings is 1. The predicted molar refractivity (Wildman–Crippen MR) is 112 cm³/mol. The summed E-state index contributed by atoms with van der Waals surface area (Å²) in [6, 6.07) is 5.73. The molecule has 0 radical (unpaired) electrons. The number of aromatic amines is 1. The number of nitrogens with one attached hydrogen (secondary N) is 3. The van der Waals surface area contributed by atoms with Crippen LogP contribution in [0.15, 0.2) is 35.6 Å². The molecule has 1 heterocycles. The molecule has 1 aromatic heterocycles. The van der Waals surface area contributed by atoms with E-state index in [1.165, 1.54) is 43.2 Å². The Morgan fingerprint density at radius 2 is 1.73 bits per heavy atom. The van der Waals surface area contributed by atoms with E-state index in [-0.39, 0.29) is 29.0 Å². The lowest BCUT2D eigenvalue weighted by molar-refractivity contribution is -0.117. The smallest absolute Gasteiger partial charge is 0.321 e. The highest BCUT2D eigenvalue weighted by molar-refractivity contribution is 7.99. The summed E-state index contributed by atoms with van der Waals surface area (Å²) in [5.74, 6) is 1.65. The van der Waals surface area contributed by atoms with Crippen molar-refractivity contribution in [3.8, 4) is 11.3 Å². The summed E-state index contributed by atoms with van der Waals surface area (Å²) in [5.41, 5.74) is 1.45. The van der Waals surface area contributed by atoms with Gasteiger partial charge in [-0.25, -0.2) is 14.2 Å². The van der Waals surface area contributed by atoms with Crippen LogP contribution in [0, 0.1) is 23.6 Å². The van der Waals surface area contributed by atoms with Gasteiger partial charge in [-0.2, -0.15) is 0 Å². The topological polar surface area (TPSA) is 86.9 Å². The SMILES string of the molecule is O=C(CSc1ncc(-c2ccc(F)cc2)[nH]1)NC(=O)NC12CC3CC(CC(C3)C1)C2. The molecule has 158 valence electrons. The molecule has 2 aromatic rings. The third kappa shape index (κ3) is 4.10. The van der Waals surface area contributed by atoms with Gasteiger partial charge in [-0.05, 0) is 86.1 Å². The number of halogens is 1. The van der Waals surface area contributed by atoms with E-state index in [1.54, 1.807) is 18.3 Å². The first-order chi connectivity index (χ1) is 14.5. The van der Waals surface area contributed by atoms with E-state index in [9.17, 15) is 14.0 Å². The van der Waals surface area contributed by atoms with Gasteiger partial charge in [-0.15, -0.1) is 0 Å². The maximum absolute atomic E-state index is 13.1. The van der Waals surface area contributed by atoms with E-state index in [2.05, 4.69) is 20.6 Å². The largest absolute Gasteiger partial charge is 0.333 e. The van der Waals surface area contributed by atoms with Gasteiger partial charge in [0.2, 0.25) is 5.91 Å². The standard InChI is InChI=1S/C22H25FN4O2S/c23-17-3-1-16(2-4-17)18-11-24-21(25-18)30-12-19(28)26-20(29)27-22-8-13-5-14(9-22)7-15(6-13)10-22/h1-4,11,13-15H,5-10,12H2,(H,24,25)(H2,26,27,28,29). The molecule has 4 aliphatic rings. The maximum atomic E-state index is 13.1. The van der Waals surface area contributed by atoms with Crippen molar-refractivity contribution in [2.75, 3.05) is 5.75 Å². The van der Waals surface area contributed by atoms with E-state index < -0.39 is 0 Å². The molecule has 4 saturated carbocycles. The lowest BCUT2D eigenvalue weighted by Crippen LogP contribution is -2.61. The van der Waals surface area contributed by atoms with Crippen molar-refractivity contribution in [1.29, 1.82) is 0 Å². The molecule has 8 heteroatoms. The van der Waals surface area contributed by atoms with E-state index in [1.807, 2.05) is 0 Å². The molecule has 3 N–H and O–H groups in total. The zero-order valence-electron chi connectivity index (χ0n) is 16.6. The van der Waals surface area contributed by atoms with Crippen molar-refractivity contribution in [3.63, 3.8) is 0 Å². The molecule has 6 rings (SSSR count). The third-order valence-electron chi connectivity index (χ3n) is 6.72. The zero-order chi connectivity index (χ0) is 20.7. The van der Waals surface area contributed by atoms with Crippen LogP contribution in [0.2, 0.25) is 0 Å². The number of amides is 3. The normalized spacial score (nSPS) is 29.0. The summed E-state index contributed by atoms with van der Waals surface area (Å²) in [6.45, 7) is 0. The predicted octanol–water partition coefficient (Wildman–Crippen LogP) is 4.10. The minimum atomic E-state index is -0.381. The number of hydrogen-bond acceptors (Lipinski definition) is 4. The molecule has 1 aromatic carbocycles. The lowest BCUT2D eigenvalue weighted by Gasteiger charge is -2.56. The zero-order valence-corrected chi connectivity index (χ0v) is 17.4. The van der Waals surface area contributed by atoms with Gasteiger partial charge in [0.1, 0.15) is 5.82 Å². The third-order valence-corrected chi connectivity index (χ3v) is 7.61. The van der Waals surface area contributed by atoms with Crippen LogP contribution in [-0.2, 0) is 4.79 Å². The summed E-state index contributed by atoms with van der Waals surface area (Å²) < 4.78 is 13.1. The fourth-order valence-corrected chi connectivity index (χ4v) is 6.63. The fraction of sp³-hybridized carbons (Fsp3) is 0.500. The monoisotopic (exact) mass is 428 g/mol. The van der Waals surface area contributed by atoms with Gasteiger partial charge in [-0.3, -0.25) is 10.1 Å². The first-order valence-corrected chi connectivity index (χ1v) is 11.5. The number of benzene rings is 1. The highest BCUT2D eigenvalue weighted by Gasteiger charge is 2.51. The minimum absolute atomic E-state index is 0.0880. The summed E-state index contributed by atoms with van der Waals surface area (Å²) in [6.07, 6.45) is 8.71. The van der Waals surface area contributed by atoms with Crippen LogP contribution in [0.25, 0.3) is 11.3 Å². The summed E-state index contributed by atoms with van der Waals surface area (Å²) in [4.78, 5) is 32.1. The molecule has 4 fully saturated rings. The minimum Gasteiger partial charge on any atom is -0.333 e. The van der Waals surface area contributed by atoms with E-state index in [4.69, 9.17) is 0 Å². The number of urea groups is 1. The second kappa shape index (κ2) is 7.72. The van der Waals surface area contributed by atoms with Crippen molar-refractivity contribution in [3.05, 3.63) is 36.3 Å². The van der Waals surface area contributed by atoms with Crippen LogP contribution in [0.4, 0.5) is 9.18 Å². The molecular formula is C22H25FN4O2S. The number of aromatic nitrogens is 2. The summed E-state index contributed by atoms with van der Waals surface area (Å²) in [7, 11) is 0. The van der Waals surface area contributed by atoms with E-state index in [0.29, 0.717) is 5.16 Å². The van der Waals surface area contributed by atoms with Crippen LogP contribution in [0.5, 0.6) is 0 Å². The number of nitrogens with zero attached hydrogens (tertiary/aromatic N) is 1. The maximum Gasteiger partial charge on any atom is 0.321 e. The average molecular weight is 429 g/mol. The lowest BCUT2D eigenvalue weighted by atomic mass is 9.53. The molecule has 30 heavy (non-hydrogen) atoms. The molecular weight excluding hydrogens is 403 g/mol. The Morgan fingerprint density at radius 3 is 2.37 bits per heavy atom. The number of carbonyl (C=O) groups excluding carboxylic acids is 2. The number of H-pyrrole nitrogens is 1. The first kappa shape index (κ1) is 19.6. The molecule has 0 aliphatic heterocycles. The van der Waals surface area contributed by atoms with Crippen LogP contribution in [0.1, 0.15) is 38.5 Å². The summed E-state index contributed by atoms with van der Waals surface area (Å²) >= 11 is 1.23. The highest BCUT2D eigenvalue weighted by atomic mass is 32.2. The molecule has 0 atom stereocenters. The van der Waals surface area contributed by atoms with Crippen molar-refractivity contribution >= 4 is 23.7 Å². The van der Waals surface area contributed by atoms with E-state index >= 15 is 0 Å². The Hall–Kier alpha value is -2.35. The Labute approximate surface area is 178 Å². The van der Waals surface area contributed by atoms with Crippen LogP contribution in [0.3, 0.4) is 0 Å². The van der Waals surface area contributed by atoms with Crippen molar-refractivity contribution in [1.82, 2.24) is 20.6 Å².